The number of rotatable bonds is 11. The fourth-order valence-corrected chi connectivity index (χ4v) is 5.70. The molecule has 2 fully saturated rings. The number of halogens is 1. The molecule has 11 heteroatoms. The average Bonchev–Trinajstić information content (AvgIpc) is 3.00. The Morgan fingerprint density at radius 3 is 2.56 bits per heavy atom. The molecule has 1 saturated heterocycles. The Labute approximate surface area is 239 Å². The fraction of sp³-hybridized carbons (Fsp3) is 0.467. The first-order chi connectivity index (χ1) is 20.0. The Morgan fingerprint density at radius 2 is 1.83 bits per heavy atom. The van der Waals surface area contributed by atoms with E-state index < -0.39 is 6.67 Å². The van der Waals surface area contributed by atoms with Crippen molar-refractivity contribution in [3.05, 3.63) is 53.9 Å². The van der Waals surface area contributed by atoms with Crippen LogP contribution >= 0.6 is 0 Å². The molecule has 3 N–H and O–H groups in total. The number of hydrogen-bond acceptors (Lipinski definition) is 8. The standard InChI is InChI=1S/C30H37FN6O4/c1-40-24-9-6-21(27(12-24)41-2)14-33-30(39)20-4-7-23(8-5-20)37-16-22(17-37)36-28(38)15-32-29-25-11-19(13-31)3-10-26(25)34-18-35-29/h3,6,9-12,18,20,22-23H,4-5,7-8,13-17H2,1-2H3,(H,33,39)(H,36,38)(H,32,34,35). The smallest absolute Gasteiger partial charge is 0.239 e. The highest BCUT2D eigenvalue weighted by Crippen LogP contribution is 2.31. The summed E-state index contributed by atoms with van der Waals surface area (Å²) in [4.78, 5) is 36.2. The highest BCUT2D eigenvalue weighted by molar-refractivity contribution is 5.91. The minimum absolute atomic E-state index is 0.0113. The van der Waals surface area contributed by atoms with Crippen LogP contribution in [0.2, 0.25) is 0 Å². The van der Waals surface area contributed by atoms with E-state index in [9.17, 15) is 14.0 Å². The van der Waals surface area contributed by atoms with Crippen LogP contribution in [0.5, 0.6) is 11.5 Å². The van der Waals surface area contributed by atoms with Gasteiger partial charge in [0.25, 0.3) is 0 Å². The summed E-state index contributed by atoms with van der Waals surface area (Å²) in [6.07, 6.45) is 5.06. The number of nitrogens with one attached hydrogen (secondary N) is 3. The Balaban J connectivity index is 1.01. The largest absolute Gasteiger partial charge is 0.497 e. The molecular weight excluding hydrogens is 527 g/mol. The maximum atomic E-state index is 13.1. The Hall–Kier alpha value is -3.99. The number of aromatic nitrogens is 2. The van der Waals surface area contributed by atoms with E-state index in [4.69, 9.17) is 9.47 Å². The normalized spacial score (nSPS) is 19.3. The molecule has 1 aliphatic heterocycles. The summed E-state index contributed by atoms with van der Waals surface area (Å²) in [6, 6.07) is 11.3. The molecule has 2 aliphatic rings. The molecule has 218 valence electrons. The predicted octanol–water partition coefficient (Wildman–Crippen LogP) is 3.20. The van der Waals surface area contributed by atoms with Crippen molar-refractivity contribution in [2.24, 2.45) is 5.92 Å². The molecule has 2 amide bonds. The number of likely N-dealkylation sites (tertiary alicyclic amines) is 1. The molecule has 1 aliphatic carbocycles. The monoisotopic (exact) mass is 564 g/mol. The van der Waals surface area contributed by atoms with Gasteiger partial charge < -0.3 is 25.4 Å². The van der Waals surface area contributed by atoms with E-state index in [1.54, 1.807) is 32.4 Å². The van der Waals surface area contributed by atoms with Gasteiger partial charge in [0.15, 0.2) is 0 Å². The molecule has 2 heterocycles. The third-order valence-electron chi connectivity index (χ3n) is 8.08. The SMILES string of the molecule is COc1ccc(CNC(=O)C2CCC(N3CC(NC(=O)CNc4ncnc5ccc(CF)cc45)C3)CC2)c(OC)c1. The maximum Gasteiger partial charge on any atom is 0.239 e. The molecule has 5 rings (SSSR count). The number of hydrogen-bond donors (Lipinski definition) is 3. The van der Waals surface area contributed by atoms with Crippen LogP contribution in [0.25, 0.3) is 10.9 Å². The van der Waals surface area contributed by atoms with Crippen molar-refractivity contribution in [2.75, 3.05) is 39.2 Å². The van der Waals surface area contributed by atoms with Crippen LogP contribution in [0, 0.1) is 5.92 Å². The van der Waals surface area contributed by atoms with Crippen LogP contribution in [0.4, 0.5) is 10.2 Å². The van der Waals surface area contributed by atoms with Crippen molar-refractivity contribution in [3.63, 3.8) is 0 Å². The van der Waals surface area contributed by atoms with Gasteiger partial charge in [-0.3, -0.25) is 14.5 Å². The van der Waals surface area contributed by atoms with E-state index in [0.717, 1.165) is 44.3 Å². The summed E-state index contributed by atoms with van der Waals surface area (Å²) in [5.74, 6) is 1.90. The highest BCUT2D eigenvalue weighted by atomic mass is 19.1. The number of carbonyl (C=O) groups is 2. The molecule has 10 nitrogen and oxygen atoms in total. The molecule has 0 bridgehead atoms. The first kappa shape index (κ1) is 28.5. The number of alkyl halides is 1. The van der Waals surface area contributed by atoms with Gasteiger partial charge in [0.05, 0.1) is 32.3 Å². The van der Waals surface area contributed by atoms with Crippen LogP contribution in [0.3, 0.4) is 0 Å². The zero-order valence-electron chi connectivity index (χ0n) is 23.5. The third-order valence-corrected chi connectivity index (χ3v) is 8.08. The van der Waals surface area contributed by atoms with Crippen LogP contribution in [0.15, 0.2) is 42.7 Å². The second-order valence-electron chi connectivity index (χ2n) is 10.7. The van der Waals surface area contributed by atoms with Crippen molar-refractivity contribution < 1.29 is 23.5 Å². The number of methoxy groups -OCH3 is 2. The number of carbonyl (C=O) groups excluding carboxylic acids is 2. The van der Waals surface area contributed by atoms with Crippen molar-refractivity contribution >= 4 is 28.5 Å². The van der Waals surface area contributed by atoms with Gasteiger partial charge in [-0.15, -0.1) is 0 Å². The lowest BCUT2D eigenvalue weighted by molar-refractivity contribution is -0.127. The molecule has 0 unspecified atom stereocenters. The van der Waals surface area contributed by atoms with E-state index in [1.165, 1.54) is 6.33 Å². The first-order valence-electron chi connectivity index (χ1n) is 14.0. The van der Waals surface area contributed by atoms with Gasteiger partial charge in [-0.2, -0.15) is 0 Å². The molecule has 0 spiro atoms. The summed E-state index contributed by atoms with van der Waals surface area (Å²) in [5.41, 5.74) is 2.15. The molecule has 3 aromatic rings. The molecule has 1 aromatic heterocycles. The lowest BCUT2D eigenvalue weighted by atomic mass is 9.83. The lowest BCUT2D eigenvalue weighted by Gasteiger charge is -2.46. The van der Waals surface area contributed by atoms with Crippen LogP contribution < -0.4 is 25.4 Å². The number of ether oxygens (including phenoxy) is 2. The number of fused-ring (bicyclic) bond motifs is 1. The zero-order valence-corrected chi connectivity index (χ0v) is 23.5. The summed E-state index contributed by atoms with van der Waals surface area (Å²) in [5, 5.41) is 9.90. The Kier molecular flexibility index (Phi) is 9.13. The quantitative estimate of drug-likeness (QED) is 0.325. The fourth-order valence-electron chi connectivity index (χ4n) is 5.70. The summed E-state index contributed by atoms with van der Waals surface area (Å²) >= 11 is 0. The molecule has 0 radical (unpaired) electrons. The van der Waals surface area contributed by atoms with Gasteiger partial charge in [0.2, 0.25) is 11.8 Å². The summed E-state index contributed by atoms with van der Waals surface area (Å²) in [7, 11) is 3.22. The van der Waals surface area contributed by atoms with Crippen LogP contribution in [-0.2, 0) is 22.8 Å². The predicted molar refractivity (Wildman–Crippen MR) is 153 cm³/mol. The zero-order chi connectivity index (χ0) is 28.8. The van der Waals surface area contributed by atoms with Gasteiger partial charge in [0.1, 0.15) is 30.3 Å². The van der Waals surface area contributed by atoms with E-state index in [2.05, 4.69) is 30.8 Å². The van der Waals surface area contributed by atoms with Crippen molar-refractivity contribution in [2.45, 2.75) is 51.0 Å². The second kappa shape index (κ2) is 13.1. The van der Waals surface area contributed by atoms with Crippen LogP contribution in [0.1, 0.15) is 36.8 Å². The van der Waals surface area contributed by atoms with E-state index >= 15 is 0 Å². The highest BCUT2D eigenvalue weighted by Gasteiger charge is 2.36. The van der Waals surface area contributed by atoms with Gasteiger partial charge in [-0.25, -0.2) is 14.4 Å². The minimum Gasteiger partial charge on any atom is -0.497 e. The van der Waals surface area contributed by atoms with E-state index in [-0.39, 0.29) is 30.3 Å². The van der Waals surface area contributed by atoms with Crippen LogP contribution in [-0.4, -0.2) is 72.6 Å². The number of anilines is 1. The van der Waals surface area contributed by atoms with E-state index in [0.29, 0.717) is 46.4 Å². The summed E-state index contributed by atoms with van der Waals surface area (Å²) in [6.45, 7) is 1.53. The number of amides is 2. The van der Waals surface area contributed by atoms with Crippen molar-refractivity contribution in [1.82, 2.24) is 25.5 Å². The molecule has 2 aromatic carbocycles. The second-order valence-corrected chi connectivity index (χ2v) is 10.7. The summed E-state index contributed by atoms with van der Waals surface area (Å²) < 4.78 is 23.8. The van der Waals surface area contributed by atoms with Gasteiger partial charge in [-0.05, 0) is 55.5 Å². The minimum atomic E-state index is -0.571. The average molecular weight is 565 g/mol. The van der Waals surface area contributed by atoms with Gasteiger partial charge >= 0.3 is 0 Å². The van der Waals surface area contributed by atoms with Crippen molar-refractivity contribution in [3.8, 4) is 11.5 Å². The topological polar surface area (TPSA) is 118 Å². The molecule has 0 atom stereocenters. The molecule has 41 heavy (non-hydrogen) atoms. The molecular formula is C30H37FN6O4. The maximum absolute atomic E-state index is 13.1. The Bertz CT molecular complexity index is 1370. The van der Waals surface area contributed by atoms with Crippen molar-refractivity contribution in [1.29, 1.82) is 0 Å². The van der Waals surface area contributed by atoms with Gasteiger partial charge in [0, 0.05) is 48.6 Å². The third kappa shape index (κ3) is 6.84. The lowest BCUT2D eigenvalue weighted by Crippen LogP contribution is -2.63. The number of nitrogens with zero attached hydrogens (tertiary/aromatic N) is 3. The van der Waals surface area contributed by atoms with E-state index in [1.807, 2.05) is 18.2 Å². The van der Waals surface area contributed by atoms with Gasteiger partial charge in [-0.1, -0.05) is 6.07 Å². The Morgan fingerprint density at radius 1 is 1.02 bits per heavy atom. The number of benzene rings is 2. The molecule has 1 saturated carbocycles. The first-order valence-corrected chi connectivity index (χ1v) is 14.0.